The number of benzene rings is 3. The number of hydrogen-bond donors (Lipinski definition) is 2. The molecule has 5 saturated heterocycles. The van der Waals surface area contributed by atoms with Gasteiger partial charge in [0.05, 0.1) is 23.5 Å². The molecule has 6 heterocycles. The van der Waals surface area contributed by atoms with E-state index in [4.69, 9.17) is 0 Å². The fourth-order valence-electron chi connectivity index (χ4n) is 10.2. The van der Waals surface area contributed by atoms with Crippen molar-refractivity contribution in [3.05, 3.63) is 102 Å². The Hall–Kier alpha value is -4.80. The molecule has 0 unspecified atom stereocenters. The third-order valence-corrected chi connectivity index (χ3v) is 13.1. The molecule has 5 fully saturated rings. The van der Waals surface area contributed by atoms with Gasteiger partial charge in [0, 0.05) is 93.9 Å². The van der Waals surface area contributed by atoms with Crippen molar-refractivity contribution in [2.45, 2.75) is 49.9 Å². The highest BCUT2D eigenvalue weighted by Gasteiger charge is 2.53. The average molecular weight is 726 g/mol. The second-order valence-electron chi connectivity index (χ2n) is 16.8. The quantitative estimate of drug-likeness (QED) is 0.218. The van der Waals surface area contributed by atoms with Gasteiger partial charge in [0.1, 0.15) is 5.75 Å². The largest absolute Gasteiger partial charge is 0.507 e. The van der Waals surface area contributed by atoms with E-state index in [-0.39, 0.29) is 28.9 Å². The first-order chi connectivity index (χ1) is 26.3. The van der Waals surface area contributed by atoms with E-state index in [1.807, 2.05) is 24.4 Å². The van der Waals surface area contributed by atoms with Crippen LogP contribution < -0.4 is 15.1 Å². The lowest BCUT2D eigenvalue weighted by molar-refractivity contribution is -0.134. The normalized spacial score (nSPS) is 23.1. The minimum absolute atomic E-state index is 0.128. The summed E-state index contributed by atoms with van der Waals surface area (Å²) < 4.78 is 0. The predicted molar refractivity (Wildman–Crippen MR) is 211 cm³/mol. The number of anilines is 2. The van der Waals surface area contributed by atoms with Crippen LogP contribution in [0.1, 0.15) is 55.6 Å². The van der Waals surface area contributed by atoms with Crippen molar-refractivity contribution in [1.29, 1.82) is 0 Å². The van der Waals surface area contributed by atoms with Crippen LogP contribution in [0.2, 0.25) is 0 Å². The van der Waals surface area contributed by atoms with Gasteiger partial charge < -0.3 is 24.7 Å². The van der Waals surface area contributed by atoms with E-state index in [2.05, 4.69) is 95.8 Å². The molecule has 0 saturated carbocycles. The number of aromatic hydroxyl groups is 1. The van der Waals surface area contributed by atoms with E-state index < -0.39 is 0 Å². The maximum absolute atomic E-state index is 12.3. The van der Waals surface area contributed by atoms with E-state index in [1.165, 1.54) is 56.8 Å². The summed E-state index contributed by atoms with van der Waals surface area (Å²) in [5, 5.41) is 21.5. The van der Waals surface area contributed by atoms with Gasteiger partial charge in [0.2, 0.25) is 11.8 Å². The van der Waals surface area contributed by atoms with E-state index in [0.29, 0.717) is 29.5 Å². The number of para-hydroxylation sites is 1. The first-order valence-corrected chi connectivity index (χ1v) is 19.9. The van der Waals surface area contributed by atoms with Crippen LogP contribution >= 0.6 is 0 Å². The zero-order valence-corrected chi connectivity index (χ0v) is 31.1. The molecule has 5 aliphatic heterocycles. The minimum Gasteiger partial charge on any atom is -0.507 e. The standard InChI is InChI=1S/C44H51N7O3/c52-40-9-5-4-8-38(40)39-24-36(25-45-47-39)51-22-18-44(19-23-51,34-6-2-1-3-7-34)31-49-29-43(30-49)27-48(28-43)26-32-16-20-50(21-17-32)35-12-10-33(11-13-35)37-14-15-41(53)46-42(37)54/h1-13,24-25,32,37,52H,14-23,26-31H2,(H,46,53,54)/t37-/m0/s1. The number of phenols is 1. The molecule has 280 valence electrons. The number of carbonyl (C=O) groups excluding carboxylic acids is 2. The zero-order chi connectivity index (χ0) is 36.7. The number of piperidine rings is 3. The van der Waals surface area contributed by atoms with Gasteiger partial charge in [-0.25, -0.2) is 0 Å². The molecule has 3 aromatic carbocycles. The average Bonchev–Trinajstić information content (AvgIpc) is 3.17. The van der Waals surface area contributed by atoms with Crippen LogP contribution in [0.5, 0.6) is 5.75 Å². The van der Waals surface area contributed by atoms with Crippen LogP contribution in [-0.4, -0.2) is 102 Å². The van der Waals surface area contributed by atoms with Crippen molar-refractivity contribution in [3.63, 3.8) is 0 Å². The lowest BCUT2D eigenvalue weighted by Gasteiger charge is -2.62. The van der Waals surface area contributed by atoms with E-state index in [0.717, 1.165) is 62.7 Å². The van der Waals surface area contributed by atoms with Gasteiger partial charge in [-0.05, 0) is 79.5 Å². The monoisotopic (exact) mass is 725 g/mol. The SMILES string of the molecule is O=C1CC[C@@H](c2ccc(N3CCC(CN4CC5(C4)CN(CC4(c6ccccc6)CCN(c6cnnc(-c7ccccc7O)c6)CC4)C5)CC3)cc2)C(=O)N1. The molecule has 1 atom stereocenters. The number of aromatic nitrogens is 2. The minimum atomic E-state index is -0.225. The second-order valence-corrected chi connectivity index (χ2v) is 16.8. The van der Waals surface area contributed by atoms with Crippen LogP contribution in [0.4, 0.5) is 11.4 Å². The van der Waals surface area contributed by atoms with Gasteiger partial charge in [-0.1, -0.05) is 54.6 Å². The molecule has 54 heavy (non-hydrogen) atoms. The maximum atomic E-state index is 12.3. The smallest absolute Gasteiger partial charge is 0.234 e. The predicted octanol–water partition coefficient (Wildman–Crippen LogP) is 5.44. The number of phenolic OH excluding ortho intramolecular Hbond substituents is 1. The van der Waals surface area contributed by atoms with Crippen LogP contribution in [0.15, 0.2) is 91.1 Å². The Morgan fingerprint density at radius 2 is 1.44 bits per heavy atom. The van der Waals surface area contributed by atoms with Crippen LogP contribution in [0, 0.1) is 11.3 Å². The number of rotatable bonds is 9. The summed E-state index contributed by atoms with van der Waals surface area (Å²) in [6.07, 6.45) is 7.46. The first kappa shape index (κ1) is 34.9. The second kappa shape index (κ2) is 14.5. The highest BCUT2D eigenvalue weighted by molar-refractivity contribution is 6.01. The summed E-state index contributed by atoms with van der Waals surface area (Å²) in [4.78, 5) is 34.2. The number of carbonyl (C=O) groups is 2. The molecule has 4 aromatic rings. The molecule has 2 N–H and O–H groups in total. The lowest BCUT2D eigenvalue weighted by Crippen LogP contribution is -2.73. The number of likely N-dealkylation sites (tertiary alicyclic amines) is 2. The third kappa shape index (κ3) is 6.97. The Morgan fingerprint density at radius 1 is 0.759 bits per heavy atom. The topological polar surface area (TPSA) is 105 Å². The summed E-state index contributed by atoms with van der Waals surface area (Å²) in [7, 11) is 0. The summed E-state index contributed by atoms with van der Waals surface area (Å²) in [6.45, 7) is 11.2. The van der Waals surface area contributed by atoms with Crippen LogP contribution in [0.25, 0.3) is 11.3 Å². The van der Waals surface area contributed by atoms with E-state index >= 15 is 0 Å². The summed E-state index contributed by atoms with van der Waals surface area (Å²) in [6, 6.07) is 29.0. The van der Waals surface area contributed by atoms with Gasteiger partial charge in [0.25, 0.3) is 0 Å². The summed E-state index contributed by atoms with van der Waals surface area (Å²) in [5.41, 5.74) is 6.76. The fraction of sp³-hybridized carbons (Fsp3) is 0.455. The molecule has 0 bridgehead atoms. The van der Waals surface area contributed by atoms with Gasteiger partial charge in [-0.15, -0.1) is 0 Å². The van der Waals surface area contributed by atoms with E-state index in [1.54, 1.807) is 6.07 Å². The molecule has 0 aliphatic carbocycles. The molecule has 1 aromatic heterocycles. The Balaban J connectivity index is 0.751. The van der Waals surface area contributed by atoms with Crippen LogP contribution in [0.3, 0.4) is 0 Å². The van der Waals surface area contributed by atoms with Crippen molar-refractivity contribution in [2.75, 3.05) is 75.2 Å². The third-order valence-electron chi connectivity index (χ3n) is 13.1. The number of amides is 2. The molecule has 1 spiro atoms. The van der Waals surface area contributed by atoms with Gasteiger partial charge in [-0.3, -0.25) is 14.9 Å². The number of nitrogens with zero attached hydrogens (tertiary/aromatic N) is 6. The van der Waals surface area contributed by atoms with Crippen LogP contribution in [-0.2, 0) is 15.0 Å². The summed E-state index contributed by atoms with van der Waals surface area (Å²) >= 11 is 0. The molecule has 0 radical (unpaired) electrons. The Bertz CT molecular complexity index is 1960. The molecule has 9 rings (SSSR count). The molecule has 10 nitrogen and oxygen atoms in total. The maximum Gasteiger partial charge on any atom is 0.234 e. The van der Waals surface area contributed by atoms with Crippen molar-refractivity contribution in [3.8, 4) is 17.0 Å². The highest BCUT2D eigenvalue weighted by atomic mass is 16.3. The first-order valence-electron chi connectivity index (χ1n) is 19.9. The van der Waals surface area contributed by atoms with Gasteiger partial charge >= 0.3 is 0 Å². The summed E-state index contributed by atoms with van der Waals surface area (Å²) in [5.74, 6) is 0.409. The molecular formula is C44H51N7O3. The molecule has 10 heteroatoms. The van der Waals surface area contributed by atoms with Gasteiger partial charge in [-0.2, -0.15) is 10.2 Å². The fourth-order valence-corrected chi connectivity index (χ4v) is 10.2. The van der Waals surface area contributed by atoms with Crippen molar-refractivity contribution >= 4 is 23.2 Å². The number of hydrogen-bond acceptors (Lipinski definition) is 9. The number of nitrogens with one attached hydrogen (secondary N) is 1. The molecule has 5 aliphatic rings. The van der Waals surface area contributed by atoms with Crippen molar-refractivity contribution in [1.82, 2.24) is 25.3 Å². The highest BCUT2D eigenvalue weighted by Crippen LogP contribution is 2.45. The lowest BCUT2D eigenvalue weighted by atomic mass is 9.68. The van der Waals surface area contributed by atoms with E-state index in [9.17, 15) is 14.7 Å². The molecule has 2 amide bonds. The van der Waals surface area contributed by atoms with Gasteiger partial charge in [0.15, 0.2) is 0 Å². The Kier molecular flexibility index (Phi) is 9.35. The Morgan fingerprint density at radius 3 is 2.17 bits per heavy atom. The molecular weight excluding hydrogens is 675 g/mol. The number of imide groups is 1. The van der Waals surface area contributed by atoms with Crippen molar-refractivity contribution < 1.29 is 14.7 Å². The van der Waals surface area contributed by atoms with Crippen molar-refractivity contribution in [2.24, 2.45) is 11.3 Å². The zero-order valence-electron chi connectivity index (χ0n) is 31.1. The Labute approximate surface area is 318 Å².